The van der Waals surface area contributed by atoms with Crippen LogP contribution < -0.4 is 10.0 Å². The first-order chi connectivity index (χ1) is 14.9. The SMILES string of the molecule is CSCCC(NS(=O)(=O)c1ccccc1F)C(=O)NCC1(N2CCOCC2)CCSC1. The van der Waals surface area contributed by atoms with Crippen molar-refractivity contribution in [3.8, 4) is 0 Å². The van der Waals surface area contributed by atoms with Crippen molar-refractivity contribution in [3.63, 3.8) is 0 Å². The minimum Gasteiger partial charge on any atom is -0.379 e. The number of ether oxygens (including phenoxy) is 1. The van der Waals surface area contributed by atoms with Crippen molar-refractivity contribution < 1.29 is 22.3 Å². The maximum atomic E-state index is 14.1. The smallest absolute Gasteiger partial charge is 0.244 e. The van der Waals surface area contributed by atoms with E-state index >= 15 is 0 Å². The summed E-state index contributed by atoms with van der Waals surface area (Å²) in [6, 6.07) is 4.21. The summed E-state index contributed by atoms with van der Waals surface area (Å²) in [4.78, 5) is 15.0. The van der Waals surface area contributed by atoms with Crippen LogP contribution >= 0.6 is 23.5 Å². The van der Waals surface area contributed by atoms with E-state index in [1.54, 1.807) is 0 Å². The van der Waals surface area contributed by atoms with Gasteiger partial charge in [0.1, 0.15) is 16.8 Å². The molecule has 2 unspecified atom stereocenters. The zero-order valence-electron chi connectivity index (χ0n) is 17.6. The second-order valence-electron chi connectivity index (χ2n) is 7.73. The summed E-state index contributed by atoms with van der Waals surface area (Å²) in [6.45, 7) is 3.47. The lowest BCUT2D eigenvalue weighted by Gasteiger charge is -2.43. The standard InChI is InChI=1S/C20H30FN3O4S3/c1-29-12-6-17(23-31(26,27)18-5-3-2-4-16(18)21)19(25)22-14-20(7-13-30-15-20)24-8-10-28-11-9-24/h2-5,17,23H,6-15H2,1H3,(H,22,25). The Bertz CT molecular complexity index is 844. The van der Waals surface area contributed by atoms with Gasteiger partial charge in [-0.05, 0) is 42.7 Å². The molecule has 2 N–H and O–H groups in total. The molecule has 11 heteroatoms. The number of carbonyl (C=O) groups excluding carboxylic acids is 1. The summed E-state index contributed by atoms with van der Waals surface area (Å²) in [6.07, 6.45) is 3.18. The number of benzene rings is 1. The number of hydrogen-bond acceptors (Lipinski definition) is 7. The molecule has 0 aliphatic carbocycles. The molecule has 2 saturated heterocycles. The first-order valence-electron chi connectivity index (χ1n) is 10.3. The highest BCUT2D eigenvalue weighted by Crippen LogP contribution is 2.33. The second kappa shape index (κ2) is 11.3. The molecular formula is C20H30FN3O4S3. The lowest BCUT2D eigenvalue weighted by atomic mass is 9.95. The Morgan fingerprint density at radius 1 is 1.35 bits per heavy atom. The van der Waals surface area contributed by atoms with Crippen molar-refractivity contribution in [2.24, 2.45) is 0 Å². The molecule has 2 heterocycles. The Morgan fingerprint density at radius 3 is 2.74 bits per heavy atom. The average Bonchev–Trinajstić information content (AvgIpc) is 3.26. The van der Waals surface area contributed by atoms with E-state index in [1.807, 2.05) is 18.0 Å². The summed E-state index contributed by atoms with van der Waals surface area (Å²) >= 11 is 3.39. The van der Waals surface area contributed by atoms with Crippen LogP contribution in [0.5, 0.6) is 0 Å². The van der Waals surface area contributed by atoms with Gasteiger partial charge < -0.3 is 10.1 Å². The molecule has 2 fully saturated rings. The van der Waals surface area contributed by atoms with E-state index in [4.69, 9.17) is 4.74 Å². The van der Waals surface area contributed by atoms with Crippen LogP contribution in [0.2, 0.25) is 0 Å². The third kappa shape index (κ3) is 6.35. The van der Waals surface area contributed by atoms with Crippen LogP contribution in [0.3, 0.4) is 0 Å². The first kappa shape index (κ1) is 24.8. The van der Waals surface area contributed by atoms with E-state index < -0.39 is 26.8 Å². The third-order valence-electron chi connectivity index (χ3n) is 5.71. The average molecular weight is 492 g/mol. The molecule has 1 aromatic rings. The van der Waals surface area contributed by atoms with Gasteiger partial charge in [-0.3, -0.25) is 9.69 Å². The fraction of sp³-hybridized carbons (Fsp3) is 0.650. The van der Waals surface area contributed by atoms with Gasteiger partial charge in [-0.25, -0.2) is 12.8 Å². The number of nitrogens with one attached hydrogen (secondary N) is 2. The molecule has 2 aliphatic heterocycles. The molecule has 2 atom stereocenters. The number of nitrogens with zero attached hydrogens (tertiary/aromatic N) is 1. The van der Waals surface area contributed by atoms with E-state index in [-0.39, 0.29) is 11.4 Å². The summed E-state index contributed by atoms with van der Waals surface area (Å²) < 4.78 is 47.4. The number of thioether (sulfide) groups is 2. The minimum absolute atomic E-state index is 0.140. The second-order valence-corrected chi connectivity index (χ2v) is 11.5. The quantitative estimate of drug-likeness (QED) is 0.514. The molecule has 1 aromatic carbocycles. The summed E-state index contributed by atoms with van der Waals surface area (Å²) in [7, 11) is -4.16. The van der Waals surface area contributed by atoms with Gasteiger partial charge in [0.25, 0.3) is 0 Å². The monoisotopic (exact) mass is 491 g/mol. The van der Waals surface area contributed by atoms with Gasteiger partial charge in [-0.15, -0.1) is 0 Å². The van der Waals surface area contributed by atoms with Crippen LogP contribution in [0.15, 0.2) is 29.2 Å². The minimum atomic E-state index is -4.16. The number of halogens is 1. The zero-order chi connectivity index (χ0) is 22.3. The first-order valence-corrected chi connectivity index (χ1v) is 14.4. The summed E-state index contributed by atoms with van der Waals surface area (Å²) in [5.74, 6) is 1.33. The van der Waals surface area contributed by atoms with Crippen molar-refractivity contribution >= 4 is 39.5 Å². The van der Waals surface area contributed by atoms with Gasteiger partial charge in [0.05, 0.1) is 13.2 Å². The van der Waals surface area contributed by atoms with Crippen molar-refractivity contribution in [2.45, 2.75) is 29.3 Å². The van der Waals surface area contributed by atoms with Gasteiger partial charge in [0.15, 0.2) is 0 Å². The van der Waals surface area contributed by atoms with E-state index in [2.05, 4.69) is 14.9 Å². The van der Waals surface area contributed by atoms with Gasteiger partial charge >= 0.3 is 0 Å². The Labute approximate surface area is 192 Å². The van der Waals surface area contributed by atoms with Crippen LogP contribution in [0.25, 0.3) is 0 Å². The van der Waals surface area contributed by atoms with Gasteiger partial charge in [0.2, 0.25) is 15.9 Å². The highest BCUT2D eigenvalue weighted by molar-refractivity contribution is 7.99. The number of carbonyl (C=O) groups is 1. The molecule has 0 aromatic heterocycles. The maximum absolute atomic E-state index is 14.1. The van der Waals surface area contributed by atoms with Crippen LogP contribution in [0.1, 0.15) is 12.8 Å². The van der Waals surface area contributed by atoms with Crippen molar-refractivity contribution in [2.75, 3.05) is 56.4 Å². The number of sulfonamides is 1. The van der Waals surface area contributed by atoms with E-state index in [0.717, 1.165) is 37.1 Å². The van der Waals surface area contributed by atoms with Crippen LogP contribution in [-0.2, 0) is 19.6 Å². The van der Waals surface area contributed by atoms with Gasteiger partial charge in [-0.1, -0.05) is 12.1 Å². The predicted molar refractivity (Wildman–Crippen MR) is 124 cm³/mol. The largest absolute Gasteiger partial charge is 0.379 e. The summed E-state index contributed by atoms with van der Waals surface area (Å²) in [5.41, 5.74) is -0.140. The van der Waals surface area contributed by atoms with Crippen LogP contribution in [-0.4, -0.2) is 87.2 Å². The normalized spacial score (nSPS) is 23.5. The number of hydrogen-bond donors (Lipinski definition) is 2. The molecule has 0 radical (unpaired) electrons. The molecular weight excluding hydrogens is 461 g/mol. The molecule has 2 aliphatic rings. The molecule has 0 saturated carbocycles. The number of morpholine rings is 1. The number of amides is 1. The lowest BCUT2D eigenvalue weighted by molar-refractivity contribution is -0.123. The fourth-order valence-corrected chi connectivity index (χ4v) is 7.16. The van der Waals surface area contributed by atoms with Gasteiger partial charge in [0, 0.05) is 30.9 Å². The molecule has 0 spiro atoms. The number of rotatable bonds is 10. The topological polar surface area (TPSA) is 87.7 Å². The van der Waals surface area contributed by atoms with Crippen molar-refractivity contribution in [1.29, 1.82) is 0 Å². The van der Waals surface area contributed by atoms with Crippen LogP contribution in [0.4, 0.5) is 4.39 Å². The van der Waals surface area contributed by atoms with E-state index in [9.17, 15) is 17.6 Å². The Balaban J connectivity index is 1.70. The fourth-order valence-electron chi connectivity index (χ4n) is 3.90. The molecule has 31 heavy (non-hydrogen) atoms. The third-order valence-corrected chi connectivity index (χ3v) is 9.09. The van der Waals surface area contributed by atoms with E-state index in [1.165, 1.54) is 30.0 Å². The van der Waals surface area contributed by atoms with Crippen LogP contribution in [0, 0.1) is 5.82 Å². The highest BCUT2D eigenvalue weighted by atomic mass is 32.2. The van der Waals surface area contributed by atoms with E-state index in [0.29, 0.717) is 31.9 Å². The van der Waals surface area contributed by atoms with Crippen molar-refractivity contribution in [1.82, 2.24) is 14.9 Å². The molecule has 7 nitrogen and oxygen atoms in total. The Kier molecular flexibility index (Phi) is 9.06. The zero-order valence-corrected chi connectivity index (χ0v) is 20.1. The lowest BCUT2D eigenvalue weighted by Crippen LogP contribution is -2.60. The maximum Gasteiger partial charge on any atom is 0.244 e. The molecule has 0 bridgehead atoms. The van der Waals surface area contributed by atoms with Gasteiger partial charge in [-0.2, -0.15) is 28.2 Å². The predicted octanol–water partition coefficient (Wildman–Crippen LogP) is 1.55. The molecule has 1 amide bonds. The Morgan fingerprint density at radius 2 is 2.10 bits per heavy atom. The molecule has 3 rings (SSSR count). The summed E-state index contributed by atoms with van der Waals surface area (Å²) in [5, 5.41) is 3.00. The Hall–Kier alpha value is -0.850. The highest BCUT2D eigenvalue weighted by Gasteiger charge is 2.41. The molecule has 174 valence electrons. The van der Waals surface area contributed by atoms with Crippen molar-refractivity contribution in [3.05, 3.63) is 30.1 Å².